The molecule has 1 saturated heterocycles. The normalized spacial score (nSPS) is 26.8. The van der Waals surface area contributed by atoms with E-state index >= 15 is 0 Å². The third-order valence-corrected chi connectivity index (χ3v) is 4.42. The van der Waals surface area contributed by atoms with E-state index in [4.69, 9.17) is 0 Å². The van der Waals surface area contributed by atoms with Gasteiger partial charge in [-0.2, -0.15) is 11.8 Å². The Hall–Kier alpha value is 0.270. The van der Waals surface area contributed by atoms with Gasteiger partial charge >= 0.3 is 0 Å². The molecule has 1 aliphatic heterocycles. The van der Waals surface area contributed by atoms with Crippen molar-refractivity contribution in [3.63, 3.8) is 0 Å². The van der Waals surface area contributed by atoms with Gasteiger partial charge in [-0.3, -0.25) is 4.90 Å². The number of hydrogen-bond acceptors (Lipinski definition) is 3. The Labute approximate surface area is 99.2 Å². The monoisotopic (exact) mass is 230 g/mol. The summed E-state index contributed by atoms with van der Waals surface area (Å²) in [4.78, 5) is 2.71. The molecule has 15 heavy (non-hydrogen) atoms. The van der Waals surface area contributed by atoms with Crippen LogP contribution in [0, 0.1) is 0 Å². The van der Waals surface area contributed by atoms with E-state index in [0.717, 1.165) is 6.54 Å². The maximum absolute atomic E-state index is 3.63. The van der Waals surface area contributed by atoms with Gasteiger partial charge in [0.2, 0.25) is 0 Å². The molecule has 1 heterocycles. The molecule has 2 nitrogen and oxygen atoms in total. The average Bonchev–Trinajstić information content (AvgIpc) is 2.27. The maximum Gasteiger partial charge on any atom is 0.0329 e. The van der Waals surface area contributed by atoms with Crippen molar-refractivity contribution in [3.05, 3.63) is 0 Å². The molecule has 1 N–H and O–H groups in total. The van der Waals surface area contributed by atoms with Crippen LogP contribution in [0.15, 0.2) is 0 Å². The number of piperazine rings is 1. The first kappa shape index (κ1) is 13.3. The molecule has 1 atom stereocenters. The van der Waals surface area contributed by atoms with Crippen LogP contribution in [0.1, 0.15) is 33.6 Å². The molecular weight excluding hydrogens is 204 g/mol. The van der Waals surface area contributed by atoms with Crippen LogP contribution in [0.4, 0.5) is 0 Å². The minimum atomic E-state index is 0.419. The van der Waals surface area contributed by atoms with Gasteiger partial charge < -0.3 is 5.32 Å². The van der Waals surface area contributed by atoms with E-state index in [1.165, 1.54) is 31.7 Å². The van der Waals surface area contributed by atoms with Crippen molar-refractivity contribution in [3.8, 4) is 0 Å². The minimum absolute atomic E-state index is 0.419. The van der Waals surface area contributed by atoms with Gasteiger partial charge in [-0.05, 0) is 26.0 Å². The summed E-state index contributed by atoms with van der Waals surface area (Å²) in [5, 5.41) is 3.63. The lowest BCUT2D eigenvalue weighted by atomic mass is 9.87. The van der Waals surface area contributed by atoms with Crippen molar-refractivity contribution >= 4 is 11.8 Å². The predicted molar refractivity (Wildman–Crippen MR) is 70.7 cm³/mol. The number of nitrogens with one attached hydrogen (secondary N) is 1. The van der Waals surface area contributed by atoms with Crippen molar-refractivity contribution in [1.82, 2.24) is 10.2 Å². The second-order valence-electron chi connectivity index (χ2n) is 4.65. The Morgan fingerprint density at radius 2 is 2.07 bits per heavy atom. The minimum Gasteiger partial charge on any atom is -0.311 e. The number of nitrogens with zero attached hydrogens (tertiary/aromatic N) is 1. The lowest BCUT2D eigenvalue weighted by Crippen LogP contribution is -2.63. The third-order valence-electron chi connectivity index (χ3n) is 3.83. The van der Waals surface area contributed by atoms with Crippen LogP contribution >= 0.6 is 11.8 Å². The fourth-order valence-electron chi connectivity index (χ4n) is 2.54. The zero-order valence-corrected chi connectivity index (χ0v) is 11.5. The van der Waals surface area contributed by atoms with Crippen LogP contribution < -0.4 is 5.32 Å². The van der Waals surface area contributed by atoms with Crippen molar-refractivity contribution in [2.75, 3.05) is 31.6 Å². The molecule has 0 aromatic rings. The molecule has 1 rings (SSSR count). The van der Waals surface area contributed by atoms with Gasteiger partial charge in [0.05, 0.1) is 0 Å². The highest BCUT2D eigenvalue weighted by Gasteiger charge is 2.37. The zero-order valence-electron chi connectivity index (χ0n) is 10.7. The number of hydrogen-bond donors (Lipinski definition) is 1. The Kier molecular flexibility index (Phi) is 5.44. The van der Waals surface area contributed by atoms with E-state index in [1.54, 1.807) is 0 Å². The molecule has 1 fully saturated rings. The Bertz CT molecular complexity index is 180. The molecule has 0 aliphatic carbocycles. The van der Waals surface area contributed by atoms with E-state index in [0.29, 0.717) is 11.6 Å². The fourth-order valence-corrected chi connectivity index (χ4v) is 2.94. The Morgan fingerprint density at radius 1 is 1.40 bits per heavy atom. The second kappa shape index (κ2) is 6.12. The summed E-state index contributed by atoms with van der Waals surface area (Å²) in [7, 11) is 0. The first-order valence-corrected chi connectivity index (χ1v) is 7.55. The molecule has 0 spiro atoms. The van der Waals surface area contributed by atoms with Gasteiger partial charge in [0.1, 0.15) is 0 Å². The Morgan fingerprint density at radius 3 is 2.60 bits per heavy atom. The van der Waals surface area contributed by atoms with Gasteiger partial charge in [-0.15, -0.1) is 0 Å². The van der Waals surface area contributed by atoms with Crippen molar-refractivity contribution in [2.24, 2.45) is 0 Å². The van der Waals surface area contributed by atoms with Crippen LogP contribution in [0.3, 0.4) is 0 Å². The highest BCUT2D eigenvalue weighted by molar-refractivity contribution is 7.98. The van der Waals surface area contributed by atoms with E-state index in [2.05, 4.69) is 37.2 Å². The topological polar surface area (TPSA) is 15.3 Å². The third kappa shape index (κ3) is 3.11. The predicted octanol–water partition coefficient (Wildman–Crippen LogP) is 2.20. The largest absolute Gasteiger partial charge is 0.311 e. The van der Waals surface area contributed by atoms with Crippen LogP contribution in [-0.2, 0) is 0 Å². The summed E-state index contributed by atoms with van der Waals surface area (Å²) >= 11 is 1.96. The average molecular weight is 230 g/mol. The molecular formula is C12H26N2S. The zero-order chi connectivity index (χ0) is 11.3. The fraction of sp³-hybridized carbons (Fsp3) is 1.00. The second-order valence-corrected chi connectivity index (χ2v) is 5.64. The summed E-state index contributed by atoms with van der Waals surface area (Å²) in [6, 6.07) is 0.651. The van der Waals surface area contributed by atoms with E-state index in [-0.39, 0.29) is 0 Å². The lowest BCUT2D eigenvalue weighted by molar-refractivity contribution is 0.0410. The molecule has 0 amide bonds. The molecule has 0 saturated carbocycles. The van der Waals surface area contributed by atoms with Crippen LogP contribution in [-0.4, -0.2) is 48.1 Å². The SMILES string of the molecule is CCC1(CC)CNC(C)CN1CCSC. The molecule has 0 radical (unpaired) electrons. The highest BCUT2D eigenvalue weighted by atomic mass is 32.2. The van der Waals surface area contributed by atoms with E-state index < -0.39 is 0 Å². The quantitative estimate of drug-likeness (QED) is 0.779. The number of thioether (sulfide) groups is 1. The molecule has 0 aromatic heterocycles. The van der Waals surface area contributed by atoms with Gasteiger partial charge in [0, 0.05) is 37.0 Å². The van der Waals surface area contributed by atoms with E-state index in [1.807, 2.05) is 11.8 Å². The summed E-state index contributed by atoms with van der Waals surface area (Å²) in [6.07, 6.45) is 4.72. The summed E-state index contributed by atoms with van der Waals surface area (Å²) in [5.41, 5.74) is 0.419. The standard InChI is InChI=1S/C12H26N2S/c1-5-12(6-2)10-13-11(3)9-14(12)7-8-15-4/h11,13H,5-10H2,1-4H3. The molecule has 1 aliphatic rings. The van der Waals surface area contributed by atoms with Crippen LogP contribution in [0.5, 0.6) is 0 Å². The van der Waals surface area contributed by atoms with Crippen molar-refractivity contribution in [2.45, 2.75) is 45.2 Å². The first-order chi connectivity index (χ1) is 7.18. The summed E-state index contributed by atoms with van der Waals surface area (Å²) in [5.74, 6) is 1.26. The van der Waals surface area contributed by atoms with Crippen LogP contribution in [0.25, 0.3) is 0 Å². The molecule has 0 bridgehead atoms. The smallest absolute Gasteiger partial charge is 0.0329 e. The molecule has 0 aromatic carbocycles. The van der Waals surface area contributed by atoms with Crippen molar-refractivity contribution < 1.29 is 0 Å². The first-order valence-electron chi connectivity index (χ1n) is 6.16. The lowest BCUT2D eigenvalue weighted by Gasteiger charge is -2.49. The summed E-state index contributed by atoms with van der Waals surface area (Å²) in [6.45, 7) is 10.6. The van der Waals surface area contributed by atoms with E-state index in [9.17, 15) is 0 Å². The highest BCUT2D eigenvalue weighted by Crippen LogP contribution is 2.26. The summed E-state index contributed by atoms with van der Waals surface area (Å²) < 4.78 is 0. The van der Waals surface area contributed by atoms with Gasteiger partial charge in [0.15, 0.2) is 0 Å². The molecule has 90 valence electrons. The Balaban J connectivity index is 2.64. The maximum atomic E-state index is 3.63. The van der Waals surface area contributed by atoms with Crippen molar-refractivity contribution in [1.29, 1.82) is 0 Å². The van der Waals surface area contributed by atoms with Gasteiger partial charge in [-0.1, -0.05) is 13.8 Å². The van der Waals surface area contributed by atoms with Crippen LogP contribution in [0.2, 0.25) is 0 Å². The van der Waals surface area contributed by atoms with Gasteiger partial charge in [-0.25, -0.2) is 0 Å². The van der Waals surface area contributed by atoms with Gasteiger partial charge in [0.25, 0.3) is 0 Å². The molecule has 1 unspecified atom stereocenters. The number of rotatable bonds is 5. The molecule has 3 heteroatoms.